The molecule has 16 heavy (non-hydrogen) atoms. The average Bonchev–Trinajstić information content (AvgIpc) is 2.16. The van der Waals surface area contributed by atoms with E-state index in [1.165, 1.54) is 11.1 Å². The molecule has 0 saturated heterocycles. The average molecular weight is 224 g/mol. The summed E-state index contributed by atoms with van der Waals surface area (Å²) in [6, 6.07) is 0. The molecule has 0 aromatic rings. The van der Waals surface area contributed by atoms with Crippen LogP contribution in [0.1, 0.15) is 47.5 Å². The zero-order valence-electron chi connectivity index (χ0n) is 11.2. The number of hydrogen-bond acceptors (Lipinski definition) is 2. The molecule has 0 aliphatic heterocycles. The van der Waals surface area contributed by atoms with Crippen molar-refractivity contribution in [1.29, 1.82) is 0 Å². The van der Waals surface area contributed by atoms with E-state index < -0.39 is 0 Å². The van der Waals surface area contributed by atoms with Crippen molar-refractivity contribution in [1.82, 2.24) is 0 Å². The highest BCUT2D eigenvalue weighted by Crippen LogP contribution is 2.06. The molecule has 2 heteroatoms. The topological polar surface area (TPSA) is 26.3 Å². The van der Waals surface area contributed by atoms with E-state index in [4.69, 9.17) is 4.74 Å². The molecule has 0 amide bonds. The lowest BCUT2D eigenvalue weighted by atomic mass is 10.1. The summed E-state index contributed by atoms with van der Waals surface area (Å²) in [5, 5.41) is 0. The van der Waals surface area contributed by atoms with Crippen molar-refractivity contribution in [3.8, 4) is 0 Å². The Hall–Kier alpha value is -1.05. The minimum atomic E-state index is -0.131. The van der Waals surface area contributed by atoms with Crippen LogP contribution in [0.2, 0.25) is 0 Å². The summed E-state index contributed by atoms with van der Waals surface area (Å²) in [7, 11) is 0. The zero-order valence-corrected chi connectivity index (χ0v) is 11.2. The third-order valence-electron chi connectivity index (χ3n) is 2.22. The molecule has 0 atom stereocenters. The smallest absolute Gasteiger partial charge is 0.308 e. The van der Waals surface area contributed by atoms with Gasteiger partial charge in [0.25, 0.3) is 0 Å². The largest absolute Gasteiger partial charge is 0.461 e. The first kappa shape index (κ1) is 14.9. The van der Waals surface area contributed by atoms with E-state index in [1.807, 2.05) is 19.9 Å². The number of esters is 1. The predicted octanol–water partition coefficient (Wildman–Crippen LogP) is 3.88. The maximum Gasteiger partial charge on any atom is 0.308 e. The predicted molar refractivity (Wildman–Crippen MR) is 68.2 cm³/mol. The van der Waals surface area contributed by atoms with Crippen LogP contribution in [0.3, 0.4) is 0 Å². The minimum absolute atomic E-state index is 0.0422. The molecule has 0 aromatic carbocycles. The fourth-order valence-electron chi connectivity index (χ4n) is 1.12. The summed E-state index contributed by atoms with van der Waals surface area (Å²) >= 11 is 0. The molecule has 2 nitrogen and oxygen atoms in total. The Morgan fingerprint density at radius 1 is 1.19 bits per heavy atom. The molecule has 0 aliphatic carbocycles. The van der Waals surface area contributed by atoms with E-state index in [0.29, 0.717) is 6.61 Å². The van der Waals surface area contributed by atoms with Crippen molar-refractivity contribution in [2.45, 2.75) is 47.5 Å². The Morgan fingerprint density at radius 3 is 2.31 bits per heavy atom. The minimum Gasteiger partial charge on any atom is -0.461 e. The first-order valence-electron chi connectivity index (χ1n) is 5.89. The van der Waals surface area contributed by atoms with Crippen molar-refractivity contribution < 1.29 is 9.53 Å². The third kappa shape index (κ3) is 8.27. The van der Waals surface area contributed by atoms with E-state index in [-0.39, 0.29) is 11.9 Å². The molecule has 0 bridgehead atoms. The second kappa shape index (κ2) is 8.14. The molecule has 0 aromatic heterocycles. The third-order valence-corrected chi connectivity index (χ3v) is 2.22. The standard InChI is InChI=1S/C14H24O2/c1-11(2)7-6-8-13(5)9-10-16-14(15)12(3)4/h7,9,12H,6,8,10H2,1-5H3. The van der Waals surface area contributed by atoms with Gasteiger partial charge in [-0.05, 0) is 39.7 Å². The normalized spacial score (nSPS) is 11.5. The van der Waals surface area contributed by atoms with Crippen LogP contribution in [0.15, 0.2) is 23.3 Å². The van der Waals surface area contributed by atoms with Gasteiger partial charge in [-0.15, -0.1) is 0 Å². The number of allylic oxidation sites excluding steroid dienone is 3. The van der Waals surface area contributed by atoms with E-state index in [9.17, 15) is 4.79 Å². The number of carbonyl (C=O) groups excluding carboxylic acids is 1. The highest BCUT2D eigenvalue weighted by atomic mass is 16.5. The fraction of sp³-hybridized carbons (Fsp3) is 0.643. The molecule has 0 saturated carbocycles. The van der Waals surface area contributed by atoms with Gasteiger partial charge < -0.3 is 4.74 Å². The first-order valence-corrected chi connectivity index (χ1v) is 5.89. The Balaban J connectivity index is 3.79. The molecule has 92 valence electrons. The van der Waals surface area contributed by atoms with Gasteiger partial charge in [0.1, 0.15) is 6.61 Å². The SMILES string of the molecule is CC(C)=CCCC(C)=CCOC(=O)C(C)C. The lowest BCUT2D eigenvalue weighted by Gasteiger charge is -2.05. The molecule has 0 aliphatic rings. The van der Waals surface area contributed by atoms with Gasteiger partial charge in [0.2, 0.25) is 0 Å². The Morgan fingerprint density at radius 2 is 1.81 bits per heavy atom. The van der Waals surface area contributed by atoms with Crippen molar-refractivity contribution in [3.63, 3.8) is 0 Å². The van der Waals surface area contributed by atoms with Gasteiger partial charge in [0.15, 0.2) is 0 Å². The fourth-order valence-corrected chi connectivity index (χ4v) is 1.12. The van der Waals surface area contributed by atoms with Crippen LogP contribution >= 0.6 is 0 Å². The summed E-state index contributed by atoms with van der Waals surface area (Å²) in [5.41, 5.74) is 2.62. The Labute approximate surface area is 99.4 Å². The van der Waals surface area contributed by atoms with Gasteiger partial charge >= 0.3 is 5.97 Å². The molecule has 0 radical (unpaired) electrons. The van der Waals surface area contributed by atoms with Gasteiger partial charge in [-0.3, -0.25) is 4.79 Å². The second-order valence-electron chi connectivity index (χ2n) is 4.66. The van der Waals surface area contributed by atoms with E-state index >= 15 is 0 Å². The van der Waals surface area contributed by atoms with Crippen molar-refractivity contribution >= 4 is 5.97 Å². The Kier molecular flexibility index (Phi) is 7.61. The van der Waals surface area contributed by atoms with Crippen molar-refractivity contribution in [3.05, 3.63) is 23.3 Å². The van der Waals surface area contributed by atoms with Crippen LogP contribution in [0.5, 0.6) is 0 Å². The number of carbonyl (C=O) groups is 1. The molecule has 0 unspecified atom stereocenters. The highest BCUT2D eigenvalue weighted by Gasteiger charge is 2.06. The first-order chi connectivity index (χ1) is 7.43. The van der Waals surface area contributed by atoms with Crippen LogP contribution in [0.4, 0.5) is 0 Å². The summed E-state index contributed by atoms with van der Waals surface area (Å²) in [6.45, 7) is 10.4. The summed E-state index contributed by atoms with van der Waals surface area (Å²) in [6.07, 6.45) is 6.30. The van der Waals surface area contributed by atoms with Gasteiger partial charge in [-0.1, -0.05) is 31.1 Å². The lowest BCUT2D eigenvalue weighted by Crippen LogP contribution is -2.11. The van der Waals surface area contributed by atoms with Crippen LogP contribution in [0, 0.1) is 5.92 Å². The maximum atomic E-state index is 11.2. The number of hydrogen-bond donors (Lipinski definition) is 0. The van der Waals surface area contributed by atoms with Crippen molar-refractivity contribution in [2.24, 2.45) is 5.92 Å². The molecular formula is C14H24O2. The zero-order chi connectivity index (χ0) is 12.6. The van der Waals surface area contributed by atoms with Crippen LogP contribution in [-0.2, 0) is 9.53 Å². The Bertz CT molecular complexity index is 268. The van der Waals surface area contributed by atoms with Gasteiger partial charge in [-0.2, -0.15) is 0 Å². The van der Waals surface area contributed by atoms with Gasteiger partial charge in [-0.25, -0.2) is 0 Å². The molecule has 0 rings (SSSR count). The number of ether oxygens (including phenoxy) is 1. The van der Waals surface area contributed by atoms with Gasteiger partial charge in [0.05, 0.1) is 5.92 Å². The summed E-state index contributed by atoms with van der Waals surface area (Å²) in [4.78, 5) is 11.2. The quantitative estimate of drug-likeness (QED) is 0.505. The second-order valence-corrected chi connectivity index (χ2v) is 4.66. The molecule has 0 spiro atoms. The van der Waals surface area contributed by atoms with Crippen LogP contribution in [-0.4, -0.2) is 12.6 Å². The number of rotatable bonds is 6. The molecular weight excluding hydrogens is 200 g/mol. The molecule has 0 fully saturated rings. The van der Waals surface area contributed by atoms with Crippen LogP contribution in [0.25, 0.3) is 0 Å². The maximum absolute atomic E-state index is 11.2. The van der Waals surface area contributed by atoms with E-state index in [0.717, 1.165) is 12.8 Å². The monoisotopic (exact) mass is 224 g/mol. The highest BCUT2D eigenvalue weighted by molar-refractivity contribution is 5.71. The lowest BCUT2D eigenvalue weighted by molar-refractivity contribution is -0.146. The van der Waals surface area contributed by atoms with E-state index in [2.05, 4.69) is 26.8 Å². The van der Waals surface area contributed by atoms with Gasteiger partial charge in [0, 0.05) is 0 Å². The molecule has 0 N–H and O–H groups in total. The van der Waals surface area contributed by atoms with E-state index in [1.54, 1.807) is 0 Å². The molecule has 0 heterocycles. The summed E-state index contributed by atoms with van der Waals surface area (Å²) < 4.78 is 5.07. The van der Waals surface area contributed by atoms with Crippen LogP contribution < -0.4 is 0 Å². The summed E-state index contributed by atoms with van der Waals surface area (Å²) in [5.74, 6) is -0.173. The van der Waals surface area contributed by atoms with Crippen molar-refractivity contribution in [2.75, 3.05) is 6.61 Å².